The van der Waals surface area contributed by atoms with Crippen LogP contribution in [-0.4, -0.2) is 11.2 Å². The number of halogens is 1. The predicted molar refractivity (Wildman–Crippen MR) is 79.1 cm³/mol. The molecule has 0 aromatic rings. The molecule has 0 aromatic carbocycles. The monoisotopic (exact) mass is 264 g/mol. The van der Waals surface area contributed by atoms with Gasteiger partial charge in [-0.2, -0.15) is 0 Å². The fourth-order valence-corrected chi connectivity index (χ4v) is 1.39. The number of hydrogen-bond acceptors (Lipinski definition) is 1. The highest BCUT2D eigenvalue weighted by atomic mass is 35.5. The molecule has 0 rings (SSSR count). The lowest BCUT2D eigenvalue weighted by atomic mass is 10.1. The Morgan fingerprint density at radius 2 is 2.00 bits per heavy atom. The van der Waals surface area contributed by atoms with Gasteiger partial charge in [-0.25, -0.2) is 0 Å². The van der Waals surface area contributed by atoms with E-state index in [0.717, 1.165) is 38.5 Å². The van der Waals surface area contributed by atoms with Crippen LogP contribution in [0.25, 0.3) is 0 Å². The van der Waals surface area contributed by atoms with Gasteiger partial charge in [0.05, 0.1) is 6.10 Å². The van der Waals surface area contributed by atoms with Crippen LogP contribution in [-0.2, 0) is 0 Å². The molecule has 0 aliphatic carbocycles. The van der Waals surface area contributed by atoms with Crippen LogP contribution >= 0.6 is 11.6 Å². The Hall–Kier alpha value is -1.15. The first-order chi connectivity index (χ1) is 8.81. The number of hydrogen-bond donors (Lipinski definition) is 1. The molecule has 0 spiro atoms. The first kappa shape index (κ1) is 16.9. The van der Waals surface area contributed by atoms with Gasteiger partial charge in [0.2, 0.25) is 0 Å². The van der Waals surface area contributed by atoms with E-state index in [2.05, 4.69) is 23.7 Å². The van der Waals surface area contributed by atoms with Crippen molar-refractivity contribution < 1.29 is 5.11 Å². The fourth-order valence-electron chi connectivity index (χ4n) is 1.30. The summed E-state index contributed by atoms with van der Waals surface area (Å²) in [6.45, 7) is 2.01. The third kappa shape index (κ3) is 12.9. The van der Waals surface area contributed by atoms with Crippen LogP contribution in [0.2, 0.25) is 0 Å². The molecule has 1 atom stereocenters. The van der Waals surface area contributed by atoms with Gasteiger partial charge in [-0.15, -0.1) is 0 Å². The van der Waals surface area contributed by atoms with Gasteiger partial charge in [-0.3, -0.25) is 0 Å². The lowest BCUT2D eigenvalue weighted by molar-refractivity contribution is 0.156. The van der Waals surface area contributed by atoms with Crippen LogP contribution in [0, 0.1) is 23.7 Å². The van der Waals surface area contributed by atoms with E-state index in [9.17, 15) is 5.11 Å². The average molecular weight is 265 g/mol. The van der Waals surface area contributed by atoms with Crippen molar-refractivity contribution in [3.05, 3.63) is 23.8 Å². The van der Waals surface area contributed by atoms with E-state index in [0.29, 0.717) is 0 Å². The SMILES string of the molecule is CC[C@@H](O)CCCCCC#CC#C/C=C/C=C\Cl. The molecule has 0 aliphatic rings. The quantitative estimate of drug-likeness (QED) is 0.418. The molecule has 0 aromatic heterocycles. The smallest absolute Gasteiger partial charge is 0.0537 e. The second-order valence-electron chi connectivity index (χ2n) is 3.91. The molecule has 18 heavy (non-hydrogen) atoms. The van der Waals surface area contributed by atoms with Gasteiger partial charge in [-0.05, 0) is 37.2 Å². The van der Waals surface area contributed by atoms with E-state index in [1.807, 2.05) is 6.92 Å². The van der Waals surface area contributed by atoms with E-state index in [1.165, 1.54) is 5.54 Å². The zero-order valence-electron chi connectivity index (χ0n) is 11.0. The number of unbranched alkanes of at least 4 members (excludes halogenated alkanes) is 3. The molecule has 0 radical (unpaired) electrons. The van der Waals surface area contributed by atoms with Crippen LogP contribution in [0.15, 0.2) is 23.8 Å². The van der Waals surface area contributed by atoms with E-state index in [4.69, 9.17) is 11.6 Å². The fraction of sp³-hybridized carbons (Fsp3) is 0.500. The van der Waals surface area contributed by atoms with Gasteiger partial charge in [0.1, 0.15) is 0 Å². The molecule has 0 fully saturated rings. The summed E-state index contributed by atoms with van der Waals surface area (Å²) >= 11 is 5.33. The zero-order valence-corrected chi connectivity index (χ0v) is 11.7. The molecule has 0 unspecified atom stereocenters. The van der Waals surface area contributed by atoms with Crippen molar-refractivity contribution >= 4 is 11.6 Å². The minimum atomic E-state index is -0.129. The van der Waals surface area contributed by atoms with Gasteiger partial charge in [0.15, 0.2) is 0 Å². The van der Waals surface area contributed by atoms with Crippen molar-refractivity contribution in [2.45, 2.75) is 51.6 Å². The minimum Gasteiger partial charge on any atom is -0.393 e. The first-order valence-corrected chi connectivity index (χ1v) is 6.83. The van der Waals surface area contributed by atoms with Crippen molar-refractivity contribution in [2.75, 3.05) is 0 Å². The van der Waals surface area contributed by atoms with Crippen LogP contribution in [0.4, 0.5) is 0 Å². The summed E-state index contributed by atoms with van der Waals surface area (Å²) in [7, 11) is 0. The van der Waals surface area contributed by atoms with Crippen molar-refractivity contribution in [3.63, 3.8) is 0 Å². The molecule has 1 nitrogen and oxygen atoms in total. The maximum atomic E-state index is 9.35. The summed E-state index contributed by atoms with van der Waals surface area (Å²) in [6.07, 6.45) is 11.0. The summed E-state index contributed by atoms with van der Waals surface area (Å²) in [5, 5.41) is 9.35. The van der Waals surface area contributed by atoms with Gasteiger partial charge in [0.25, 0.3) is 0 Å². The van der Waals surface area contributed by atoms with Crippen molar-refractivity contribution in [1.29, 1.82) is 0 Å². The number of rotatable bonds is 7. The molecule has 0 saturated carbocycles. The molecule has 98 valence electrons. The molecule has 0 saturated heterocycles. The Bertz CT molecular complexity index is 360. The van der Waals surface area contributed by atoms with E-state index >= 15 is 0 Å². The summed E-state index contributed by atoms with van der Waals surface area (Å²) in [5.74, 6) is 11.4. The Kier molecular flexibility index (Phi) is 13.0. The zero-order chi connectivity index (χ0) is 13.5. The van der Waals surface area contributed by atoms with E-state index < -0.39 is 0 Å². The predicted octanol–water partition coefficient (Wildman–Crippen LogP) is 4.02. The molecule has 0 amide bonds. The average Bonchev–Trinajstić information content (AvgIpc) is 2.39. The first-order valence-electron chi connectivity index (χ1n) is 6.39. The van der Waals surface area contributed by atoms with Gasteiger partial charge < -0.3 is 5.11 Å². The number of allylic oxidation sites excluding steroid dienone is 3. The Morgan fingerprint density at radius 3 is 2.72 bits per heavy atom. The van der Waals surface area contributed by atoms with Crippen LogP contribution in [0.5, 0.6) is 0 Å². The van der Waals surface area contributed by atoms with Crippen molar-refractivity contribution in [3.8, 4) is 23.7 Å². The maximum absolute atomic E-state index is 9.35. The second-order valence-corrected chi connectivity index (χ2v) is 4.16. The lowest BCUT2D eigenvalue weighted by Gasteiger charge is -2.05. The Balaban J connectivity index is 3.49. The van der Waals surface area contributed by atoms with Crippen LogP contribution < -0.4 is 0 Å². The highest BCUT2D eigenvalue weighted by Crippen LogP contribution is 2.07. The minimum absolute atomic E-state index is 0.129. The van der Waals surface area contributed by atoms with Gasteiger partial charge in [-0.1, -0.05) is 55.4 Å². The summed E-state index contributed by atoms with van der Waals surface area (Å²) in [4.78, 5) is 0. The lowest BCUT2D eigenvalue weighted by Crippen LogP contribution is -2.03. The molecule has 0 aliphatic heterocycles. The normalized spacial score (nSPS) is 11.9. The third-order valence-electron chi connectivity index (χ3n) is 2.40. The second kappa shape index (κ2) is 13.9. The van der Waals surface area contributed by atoms with Gasteiger partial charge in [0, 0.05) is 12.0 Å². The summed E-state index contributed by atoms with van der Waals surface area (Å²) in [6, 6.07) is 0. The number of aliphatic hydroxyl groups is 1. The molecule has 2 heteroatoms. The molecular weight excluding hydrogens is 244 g/mol. The Morgan fingerprint density at radius 1 is 1.17 bits per heavy atom. The summed E-state index contributed by atoms with van der Waals surface area (Å²) in [5.41, 5.74) is 1.43. The molecule has 0 heterocycles. The number of aliphatic hydroxyl groups excluding tert-OH is 1. The van der Waals surface area contributed by atoms with Gasteiger partial charge >= 0.3 is 0 Å². The highest BCUT2D eigenvalue weighted by molar-refractivity contribution is 6.25. The highest BCUT2D eigenvalue weighted by Gasteiger charge is 1.98. The van der Waals surface area contributed by atoms with E-state index in [1.54, 1.807) is 18.2 Å². The standard InChI is InChI=1S/C16H21ClO/c1-2-16(18)14-12-10-8-6-4-3-5-7-9-11-13-15-17/h9,11,13,15-16,18H,2,6,8,10,12,14H2,1H3/b11-9+,15-13-/t16-/m1/s1. The Labute approximate surface area is 116 Å². The molecule has 1 N–H and O–H groups in total. The maximum Gasteiger partial charge on any atom is 0.0537 e. The van der Waals surface area contributed by atoms with Crippen LogP contribution in [0.3, 0.4) is 0 Å². The third-order valence-corrected chi connectivity index (χ3v) is 2.54. The van der Waals surface area contributed by atoms with Crippen LogP contribution in [0.1, 0.15) is 45.4 Å². The largest absolute Gasteiger partial charge is 0.393 e. The van der Waals surface area contributed by atoms with Crippen molar-refractivity contribution in [2.24, 2.45) is 0 Å². The van der Waals surface area contributed by atoms with E-state index in [-0.39, 0.29) is 6.10 Å². The molecule has 0 bridgehead atoms. The topological polar surface area (TPSA) is 20.2 Å². The summed E-state index contributed by atoms with van der Waals surface area (Å²) < 4.78 is 0. The van der Waals surface area contributed by atoms with Crippen molar-refractivity contribution in [1.82, 2.24) is 0 Å². The molecular formula is C16H21ClO.